The van der Waals surface area contributed by atoms with E-state index in [2.05, 4.69) is 22.4 Å². The highest BCUT2D eigenvalue weighted by atomic mass is 14.9. The average molecular weight is 160 g/mol. The predicted octanol–water partition coefficient (Wildman–Crippen LogP) is 1.56. The Kier molecular flexibility index (Phi) is 1.27. The highest BCUT2D eigenvalue weighted by molar-refractivity contribution is 5.28. The van der Waals surface area contributed by atoms with Crippen molar-refractivity contribution in [1.82, 2.24) is 10.3 Å². The highest BCUT2D eigenvalue weighted by Crippen LogP contribution is 2.39. The summed E-state index contributed by atoms with van der Waals surface area (Å²) in [5.41, 5.74) is 3.98. The van der Waals surface area contributed by atoms with E-state index in [0.29, 0.717) is 0 Å². The second-order valence-electron chi connectivity index (χ2n) is 3.72. The monoisotopic (exact) mass is 160 g/mol. The predicted molar refractivity (Wildman–Crippen MR) is 46.8 cm³/mol. The smallest absolute Gasteiger partial charge is 0.0590 e. The molecular formula is C10H12N2. The van der Waals surface area contributed by atoms with Crippen molar-refractivity contribution >= 4 is 0 Å². The standard InChI is InChI=1S/C10H12N2/c1-2-7(1)9-4-3-8-5-11-6-10(8)12-9/h3-4,7,11H,1-2,5-6H2. The lowest BCUT2D eigenvalue weighted by Crippen LogP contribution is -2.00. The summed E-state index contributed by atoms with van der Waals surface area (Å²) in [5, 5.41) is 3.31. The first-order valence-corrected chi connectivity index (χ1v) is 4.63. The molecule has 1 N–H and O–H groups in total. The molecule has 3 rings (SSSR count). The quantitative estimate of drug-likeness (QED) is 0.674. The summed E-state index contributed by atoms with van der Waals surface area (Å²) in [6.07, 6.45) is 2.69. The fourth-order valence-corrected chi connectivity index (χ4v) is 1.78. The molecule has 62 valence electrons. The Morgan fingerprint density at radius 1 is 1.25 bits per heavy atom. The first kappa shape index (κ1) is 6.61. The SMILES string of the molecule is c1cc2c(nc1C1CC1)CNC2. The Labute approximate surface area is 72.0 Å². The summed E-state index contributed by atoms with van der Waals surface area (Å²) >= 11 is 0. The molecular weight excluding hydrogens is 148 g/mol. The van der Waals surface area contributed by atoms with Gasteiger partial charge in [0.1, 0.15) is 0 Å². The maximum absolute atomic E-state index is 4.65. The minimum absolute atomic E-state index is 0.788. The molecule has 1 aliphatic carbocycles. The topological polar surface area (TPSA) is 24.9 Å². The van der Waals surface area contributed by atoms with Crippen LogP contribution in [0.4, 0.5) is 0 Å². The maximum atomic E-state index is 4.65. The van der Waals surface area contributed by atoms with E-state index in [1.165, 1.54) is 29.8 Å². The normalized spacial score (nSPS) is 21.0. The first-order chi connectivity index (χ1) is 5.93. The van der Waals surface area contributed by atoms with Crippen LogP contribution in [-0.4, -0.2) is 4.98 Å². The zero-order valence-electron chi connectivity index (χ0n) is 7.01. The average Bonchev–Trinajstić information content (AvgIpc) is 2.84. The molecule has 1 aromatic heterocycles. The summed E-state index contributed by atoms with van der Waals surface area (Å²) in [4.78, 5) is 4.65. The van der Waals surface area contributed by atoms with E-state index in [9.17, 15) is 0 Å². The number of hydrogen-bond acceptors (Lipinski definition) is 2. The summed E-state index contributed by atoms with van der Waals surface area (Å²) in [6, 6.07) is 4.43. The van der Waals surface area contributed by atoms with Crippen LogP contribution in [0.25, 0.3) is 0 Å². The molecule has 1 aliphatic heterocycles. The van der Waals surface area contributed by atoms with Gasteiger partial charge in [-0.05, 0) is 24.5 Å². The van der Waals surface area contributed by atoms with Crippen LogP contribution >= 0.6 is 0 Å². The molecule has 2 heteroatoms. The molecule has 0 atom stereocenters. The Hall–Kier alpha value is -0.890. The lowest BCUT2D eigenvalue weighted by atomic mass is 10.2. The van der Waals surface area contributed by atoms with Gasteiger partial charge in [-0.2, -0.15) is 0 Å². The minimum atomic E-state index is 0.788. The van der Waals surface area contributed by atoms with Gasteiger partial charge in [-0.15, -0.1) is 0 Å². The van der Waals surface area contributed by atoms with E-state index in [-0.39, 0.29) is 0 Å². The molecule has 0 unspecified atom stereocenters. The molecule has 2 heterocycles. The van der Waals surface area contributed by atoms with Crippen molar-refractivity contribution in [2.24, 2.45) is 0 Å². The van der Waals surface area contributed by atoms with Gasteiger partial charge in [0.2, 0.25) is 0 Å². The largest absolute Gasteiger partial charge is 0.307 e. The van der Waals surface area contributed by atoms with E-state index in [1.54, 1.807) is 0 Å². The van der Waals surface area contributed by atoms with Crippen molar-refractivity contribution in [3.05, 3.63) is 29.1 Å². The van der Waals surface area contributed by atoms with E-state index < -0.39 is 0 Å². The fraction of sp³-hybridized carbons (Fsp3) is 0.500. The van der Waals surface area contributed by atoms with Crippen LogP contribution < -0.4 is 5.32 Å². The summed E-state index contributed by atoms with van der Waals surface area (Å²) in [5.74, 6) is 0.788. The Morgan fingerprint density at radius 2 is 2.17 bits per heavy atom. The van der Waals surface area contributed by atoms with E-state index >= 15 is 0 Å². The molecule has 0 amide bonds. The van der Waals surface area contributed by atoms with Crippen LogP contribution in [0, 0.1) is 0 Å². The van der Waals surface area contributed by atoms with Gasteiger partial charge in [0.25, 0.3) is 0 Å². The number of aromatic nitrogens is 1. The van der Waals surface area contributed by atoms with Crippen LogP contribution in [-0.2, 0) is 13.1 Å². The number of nitrogens with zero attached hydrogens (tertiary/aromatic N) is 1. The molecule has 12 heavy (non-hydrogen) atoms. The zero-order chi connectivity index (χ0) is 7.97. The lowest BCUT2D eigenvalue weighted by Gasteiger charge is -2.00. The fourth-order valence-electron chi connectivity index (χ4n) is 1.78. The van der Waals surface area contributed by atoms with Crippen molar-refractivity contribution in [2.45, 2.75) is 31.8 Å². The molecule has 1 aromatic rings. The van der Waals surface area contributed by atoms with Gasteiger partial charge >= 0.3 is 0 Å². The van der Waals surface area contributed by atoms with Gasteiger partial charge in [-0.1, -0.05) is 6.07 Å². The number of fused-ring (bicyclic) bond motifs is 1. The van der Waals surface area contributed by atoms with Gasteiger partial charge in [0, 0.05) is 24.7 Å². The van der Waals surface area contributed by atoms with Crippen molar-refractivity contribution < 1.29 is 0 Å². The first-order valence-electron chi connectivity index (χ1n) is 4.63. The highest BCUT2D eigenvalue weighted by Gasteiger charge is 2.26. The van der Waals surface area contributed by atoms with Gasteiger partial charge in [0.05, 0.1) is 5.69 Å². The third kappa shape index (κ3) is 0.950. The number of rotatable bonds is 1. The number of nitrogens with one attached hydrogen (secondary N) is 1. The van der Waals surface area contributed by atoms with Crippen LogP contribution in [0.5, 0.6) is 0 Å². The number of hydrogen-bond donors (Lipinski definition) is 1. The van der Waals surface area contributed by atoms with E-state index in [0.717, 1.165) is 19.0 Å². The molecule has 0 bridgehead atoms. The molecule has 0 radical (unpaired) electrons. The molecule has 0 spiro atoms. The van der Waals surface area contributed by atoms with E-state index in [4.69, 9.17) is 0 Å². The van der Waals surface area contributed by atoms with Crippen LogP contribution in [0.3, 0.4) is 0 Å². The van der Waals surface area contributed by atoms with Crippen molar-refractivity contribution in [1.29, 1.82) is 0 Å². The Bertz CT molecular complexity index is 316. The second-order valence-corrected chi connectivity index (χ2v) is 3.72. The summed E-state index contributed by atoms with van der Waals surface area (Å²) < 4.78 is 0. The molecule has 2 nitrogen and oxygen atoms in total. The zero-order valence-corrected chi connectivity index (χ0v) is 7.01. The molecule has 0 aromatic carbocycles. The maximum Gasteiger partial charge on any atom is 0.0590 e. The van der Waals surface area contributed by atoms with Crippen molar-refractivity contribution in [2.75, 3.05) is 0 Å². The summed E-state index contributed by atoms with van der Waals surface area (Å²) in [6.45, 7) is 1.98. The molecule has 1 fully saturated rings. The van der Waals surface area contributed by atoms with Crippen LogP contribution in [0.1, 0.15) is 35.7 Å². The van der Waals surface area contributed by atoms with Crippen molar-refractivity contribution in [3.8, 4) is 0 Å². The Balaban J connectivity index is 2.03. The molecule has 2 aliphatic rings. The van der Waals surface area contributed by atoms with Gasteiger partial charge < -0.3 is 5.32 Å². The summed E-state index contributed by atoms with van der Waals surface area (Å²) in [7, 11) is 0. The molecule has 1 saturated carbocycles. The molecule has 0 saturated heterocycles. The van der Waals surface area contributed by atoms with Crippen LogP contribution in [0.2, 0.25) is 0 Å². The van der Waals surface area contributed by atoms with Gasteiger partial charge in [-0.3, -0.25) is 4.98 Å². The van der Waals surface area contributed by atoms with Crippen LogP contribution in [0.15, 0.2) is 12.1 Å². The van der Waals surface area contributed by atoms with E-state index in [1.807, 2.05) is 0 Å². The third-order valence-corrected chi connectivity index (χ3v) is 2.69. The minimum Gasteiger partial charge on any atom is -0.307 e. The number of pyridine rings is 1. The third-order valence-electron chi connectivity index (χ3n) is 2.69. The Morgan fingerprint density at radius 3 is 3.00 bits per heavy atom. The lowest BCUT2D eigenvalue weighted by molar-refractivity contribution is 0.755. The second kappa shape index (κ2) is 2.30. The van der Waals surface area contributed by atoms with Crippen molar-refractivity contribution in [3.63, 3.8) is 0 Å². The van der Waals surface area contributed by atoms with Gasteiger partial charge in [-0.25, -0.2) is 0 Å². The van der Waals surface area contributed by atoms with Gasteiger partial charge in [0.15, 0.2) is 0 Å².